The molecule has 0 amide bonds. The van der Waals surface area contributed by atoms with Gasteiger partial charge in [-0.05, 0) is 24.6 Å². The Labute approximate surface area is 97.5 Å². The zero-order valence-corrected chi connectivity index (χ0v) is 9.50. The first-order valence-electron chi connectivity index (χ1n) is 5.55. The van der Waals surface area contributed by atoms with E-state index in [9.17, 15) is 9.18 Å². The fourth-order valence-electron chi connectivity index (χ4n) is 1.49. The molecule has 0 saturated carbocycles. The lowest BCUT2D eigenvalue weighted by atomic mass is 10.2. The van der Waals surface area contributed by atoms with Crippen LogP contribution in [0, 0.1) is 5.82 Å². The Morgan fingerprint density at radius 1 is 1.47 bits per heavy atom. The molecule has 4 nitrogen and oxygen atoms in total. The molecule has 90 valence electrons. The Morgan fingerprint density at radius 3 is 3.06 bits per heavy atom. The average molecular weight is 236 g/mol. The molecule has 1 heterocycles. The van der Waals surface area contributed by atoms with Gasteiger partial charge in [0, 0.05) is 6.54 Å². The standard InChI is InChI=1S/C12H13FN2O2/c1-2-3-6-14-12-15-10-5-4-8(13)7-9(10)11(16)17-12/h4-5,7H,2-3,6H2,1H3,(H,14,15). The van der Waals surface area contributed by atoms with Crippen LogP contribution in [0.3, 0.4) is 0 Å². The lowest BCUT2D eigenvalue weighted by molar-refractivity contribution is 0.514. The zero-order valence-electron chi connectivity index (χ0n) is 9.50. The van der Waals surface area contributed by atoms with Gasteiger partial charge in [-0.2, -0.15) is 4.98 Å². The quantitative estimate of drug-likeness (QED) is 0.829. The summed E-state index contributed by atoms with van der Waals surface area (Å²) < 4.78 is 17.9. The molecule has 1 N–H and O–H groups in total. The molecule has 0 atom stereocenters. The normalized spacial score (nSPS) is 10.7. The Balaban J connectivity index is 2.35. The van der Waals surface area contributed by atoms with Crippen molar-refractivity contribution in [1.29, 1.82) is 0 Å². The first-order valence-corrected chi connectivity index (χ1v) is 5.55. The van der Waals surface area contributed by atoms with E-state index in [1.165, 1.54) is 12.1 Å². The molecule has 0 unspecified atom stereocenters. The number of aromatic nitrogens is 1. The number of benzene rings is 1. The summed E-state index contributed by atoms with van der Waals surface area (Å²) in [5.74, 6) is -0.474. The number of hydrogen-bond acceptors (Lipinski definition) is 4. The minimum atomic E-state index is -0.575. The number of nitrogens with one attached hydrogen (secondary N) is 1. The summed E-state index contributed by atoms with van der Waals surface area (Å²) in [6.45, 7) is 2.76. The van der Waals surface area contributed by atoms with Gasteiger partial charge in [-0.15, -0.1) is 0 Å². The number of anilines is 1. The maximum absolute atomic E-state index is 12.9. The highest BCUT2D eigenvalue weighted by molar-refractivity contribution is 5.77. The molecule has 0 aliphatic heterocycles. The van der Waals surface area contributed by atoms with Gasteiger partial charge in [-0.1, -0.05) is 13.3 Å². The Bertz CT molecular complexity index is 580. The highest BCUT2D eigenvalue weighted by Gasteiger charge is 2.06. The molecule has 0 bridgehead atoms. The van der Waals surface area contributed by atoms with Crippen molar-refractivity contribution in [1.82, 2.24) is 4.98 Å². The summed E-state index contributed by atoms with van der Waals surface area (Å²) in [7, 11) is 0. The second-order valence-electron chi connectivity index (χ2n) is 3.75. The summed E-state index contributed by atoms with van der Waals surface area (Å²) in [5, 5.41) is 3.08. The van der Waals surface area contributed by atoms with E-state index in [2.05, 4.69) is 17.2 Å². The largest absolute Gasteiger partial charge is 0.389 e. The molecule has 2 rings (SSSR count). The molecule has 0 saturated heterocycles. The molecule has 0 fully saturated rings. The van der Waals surface area contributed by atoms with Gasteiger partial charge < -0.3 is 9.73 Å². The van der Waals surface area contributed by atoms with E-state index in [-0.39, 0.29) is 11.4 Å². The topological polar surface area (TPSA) is 55.1 Å². The zero-order chi connectivity index (χ0) is 12.3. The maximum atomic E-state index is 12.9. The molecule has 5 heteroatoms. The van der Waals surface area contributed by atoms with Crippen LogP contribution in [0.5, 0.6) is 0 Å². The smallest absolute Gasteiger partial charge is 0.348 e. The van der Waals surface area contributed by atoms with Crippen LogP contribution < -0.4 is 10.9 Å². The predicted octanol–water partition coefficient (Wildman–Crippen LogP) is 2.54. The first-order chi connectivity index (χ1) is 8.20. The Hall–Kier alpha value is -1.91. The minimum absolute atomic E-state index is 0.158. The van der Waals surface area contributed by atoms with Crippen molar-refractivity contribution in [2.24, 2.45) is 0 Å². The van der Waals surface area contributed by atoms with E-state index in [0.717, 1.165) is 18.9 Å². The fourth-order valence-corrected chi connectivity index (χ4v) is 1.49. The number of hydrogen-bond donors (Lipinski definition) is 1. The van der Waals surface area contributed by atoms with E-state index < -0.39 is 11.4 Å². The molecular formula is C12H13FN2O2. The van der Waals surface area contributed by atoms with Crippen LogP contribution in [0.15, 0.2) is 27.4 Å². The van der Waals surface area contributed by atoms with Crippen LogP contribution in [-0.4, -0.2) is 11.5 Å². The highest BCUT2D eigenvalue weighted by Crippen LogP contribution is 2.12. The third-order valence-corrected chi connectivity index (χ3v) is 2.40. The van der Waals surface area contributed by atoms with Gasteiger partial charge in [0.15, 0.2) is 0 Å². The molecule has 1 aromatic carbocycles. The molecular weight excluding hydrogens is 223 g/mol. The molecule has 17 heavy (non-hydrogen) atoms. The average Bonchev–Trinajstić information content (AvgIpc) is 2.31. The van der Waals surface area contributed by atoms with Gasteiger partial charge in [0.05, 0.1) is 10.9 Å². The van der Waals surface area contributed by atoms with Crippen LogP contribution in [0.1, 0.15) is 19.8 Å². The summed E-state index contributed by atoms with van der Waals surface area (Å²) in [6, 6.07) is 4.05. The van der Waals surface area contributed by atoms with E-state index in [4.69, 9.17) is 4.42 Å². The van der Waals surface area contributed by atoms with Gasteiger partial charge in [-0.25, -0.2) is 9.18 Å². The number of nitrogens with zero attached hydrogens (tertiary/aromatic N) is 1. The number of unbranched alkanes of at least 4 members (excludes halogenated alkanes) is 1. The van der Waals surface area contributed by atoms with Crippen molar-refractivity contribution in [3.8, 4) is 0 Å². The van der Waals surface area contributed by atoms with Crippen molar-refractivity contribution in [2.45, 2.75) is 19.8 Å². The molecule has 0 aliphatic carbocycles. The Morgan fingerprint density at radius 2 is 2.29 bits per heavy atom. The highest BCUT2D eigenvalue weighted by atomic mass is 19.1. The van der Waals surface area contributed by atoms with Gasteiger partial charge >= 0.3 is 5.63 Å². The molecule has 0 aliphatic rings. The van der Waals surface area contributed by atoms with Crippen molar-refractivity contribution in [3.05, 3.63) is 34.4 Å². The van der Waals surface area contributed by atoms with Crippen molar-refractivity contribution < 1.29 is 8.81 Å². The van der Waals surface area contributed by atoms with E-state index in [0.29, 0.717) is 12.1 Å². The molecule has 1 aromatic heterocycles. The SMILES string of the molecule is CCCCNc1nc2ccc(F)cc2c(=O)o1. The van der Waals surface area contributed by atoms with Crippen molar-refractivity contribution in [2.75, 3.05) is 11.9 Å². The number of halogens is 1. The number of fused-ring (bicyclic) bond motifs is 1. The van der Waals surface area contributed by atoms with Gasteiger partial charge in [0.2, 0.25) is 0 Å². The lowest BCUT2D eigenvalue weighted by Crippen LogP contribution is -2.09. The molecule has 0 spiro atoms. The monoisotopic (exact) mass is 236 g/mol. The maximum Gasteiger partial charge on any atom is 0.348 e. The summed E-state index contributed by atoms with van der Waals surface area (Å²) in [6.07, 6.45) is 2.00. The van der Waals surface area contributed by atoms with Crippen LogP contribution in [-0.2, 0) is 0 Å². The second-order valence-corrected chi connectivity index (χ2v) is 3.75. The first kappa shape index (κ1) is 11.6. The van der Waals surface area contributed by atoms with Gasteiger partial charge in [0.25, 0.3) is 6.01 Å². The summed E-state index contributed by atoms with van der Waals surface area (Å²) in [4.78, 5) is 15.7. The molecule has 0 radical (unpaired) electrons. The summed E-state index contributed by atoms with van der Waals surface area (Å²) in [5.41, 5.74) is -0.143. The minimum Gasteiger partial charge on any atom is -0.389 e. The van der Waals surface area contributed by atoms with Crippen LogP contribution in [0.2, 0.25) is 0 Å². The van der Waals surface area contributed by atoms with E-state index in [1.54, 1.807) is 0 Å². The lowest BCUT2D eigenvalue weighted by Gasteiger charge is -2.03. The van der Waals surface area contributed by atoms with Crippen LogP contribution in [0.4, 0.5) is 10.4 Å². The van der Waals surface area contributed by atoms with Gasteiger partial charge in [0.1, 0.15) is 5.82 Å². The van der Waals surface area contributed by atoms with Gasteiger partial charge in [-0.3, -0.25) is 0 Å². The predicted molar refractivity (Wildman–Crippen MR) is 63.6 cm³/mol. The Kier molecular flexibility index (Phi) is 3.37. The third kappa shape index (κ3) is 2.61. The third-order valence-electron chi connectivity index (χ3n) is 2.40. The number of rotatable bonds is 4. The van der Waals surface area contributed by atoms with Crippen molar-refractivity contribution in [3.63, 3.8) is 0 Å². The van der Waals surface area contributed by atoms with Crippen LogP contribution in [0.25, 0.3) is 10.9 Å². The van der Waals surface area contributed by atoms with Crippen LogP contribution >= 0.6 is 0 Å². The van der Waals surface area contributed by atoms with E-state index >= 15 is 0 Å². The van der Waals surface area contributed by atoms with Crippen molar-refractivity contribution >= 4 is 16.9 Å². The fraction of sp³-hybridized carbons (Fsp3) is 0.333. The molecule has 2 aromatic rings. The summed E-state index contributed by atoms with van der Waals surface area (Å²) >= 11 is 0. The van der Waals surface area contributed by atoms with E-state index in [1.807, 2.05) is 0 Å². The second kappa shape index (κ2) is 4.95.